The van der Waals surface area contributed by atoms with Crippen molar-refractivity contribution in [2.75, 3.05) is 32.7 Å². The summed E-state index contributed by atoms with van der Waals surface area (Å²) in [6.45, 7) is 11.4. The summed E-state index contributed by atoms with van der Waals surface area (Å²) < 4.78 is 2.10. The van der Waals surface area contributed by atoms with Crippen LogP contribution in [0.1, 0.15) is 43.8 Å². The average Bonchev–Trinajstić information content (AvgIpc) is 3.41. The lowest BCUT2D eigenvalue weighted by molar-refractivity contribution is 0.191. The molecule has 0 saturated carbocycles. The normalized spacial score (nSPS) is 15.7. The van der Waals surface area contributed by atoms with E-state index >= 15 is 0 Å². The maximum atomic E-state index is 4.77. The molecule has 0 unspecified atom stereocenters. The molecule has 0 atom stereocenters. The van der Waals surface area contributed by atoms with Crippen molar-refractivity contribution in [3.8, 4) is 0 Å². The lowest BCUT2D eigenvalue weighted by Crippen LogP contribution is -2.41. The number of aliphatic imine (C=N–C) groups is 1. The Morgan fingerprint density at radius 1 is 1.23 bits per heavy atom. The van der Waals surface area contributed by atoms with Gasteiger partial charge in [0.05, 0.1) is 6.54 Å². The number of nitrogens with one attached hydrogen (secondary N) is 2. The highest BCUT2D eigenvalue weighted by molar-refractivity contribution is 14.0. The third-order valence-corrected chi connectivity index (χ3v) is 6.31. The second-order valence-corrected chi connectivity index (χ2v) is 8.80. The molecule has 0 aromatic carbocycles. The molecular weight excluding hydrogens is 509 g/mol. The number of rotatable bonds is 10. The van der Waals surface area contributed by atoms with Crippen LogP contribution in [-0.2, 0) is 19.5 Å². The maximum absolute atomic E-state index is 4.77. The van der Waals surface area contributed by atoms with Crippen LogP contribution >= 0.6 is 35.3 Å². The first-order valence-electron chi connectivity index (χ1n) is 10.9. The molecule has 1 aliphatic heterocycles. The van der Waals surface area contributed by atoms with Crippen LogP contribution in [0.15, 0.2) is 28.8 Å². The first kappa shape index (κ1) is 25.1. The topological polar surface area (TPSA) is 70.4 Å². The fourth-order valence-electron chi connectivity index (χ4n) is 3.56. The van der Waals surface area contributed by atoms with Crippen molar-refractivity contribution in [1.29, 1.82) is 0 Å². The molecule has 2 aromatic heterocycles. The number of likely N-dealkylation sites (tertiary alicyclic amines) is 1. The molecule has 168 valence electrons. The summed E-state index contributed by atoms with van der Waals surface area (Å²) in [4.78, 5) is 8.64. The van der Waals surface area contributed by atoms with Crippen molar-refractivity contribution in [3.63, 3.8) is 0 Å². The maximum Gasteiger partial charge on any atom is 0.191 e. The Morgan fingerprint density at radius 2 is 2.03 bits per heavy atom. The van der Waals surface area contributed by atoms with Crippen LogP contribution in [0.2, 0.25) is 0 Å². The zero-order valence-corrected chi connectivity index (χ0v) is 21.4. The van der Waals surface area contributed by atoms with Crippen LogP contribution in [0.5, 0.6) is 0 Å². The summed E-state index contributed by atoms with van der Waals surface area (Å²) in [6.07, 6.45) is 6.51. The van der Waals surface area contributed by atoms with E-state index in [2.05, 4.69) is 61.7 Å². The van der Waals surface area contributed by atoms with Crippen LogP contribution in [-0.4, -0.2) is 58.3 Å². The van der Waals surface area contributed by atoms with Gasteiger partial charge in [-0.2, -0.15) is 0 Å². The number of hydrogen-bond donors (Lipinski definition) is 2. The fourth-order valence-corrected chi connectivity index (χ4v) is 4.19. The van der Waals surface area contributed by atoms with Crippen LogP contribution < -0.4 is 10.6 Å². The van der Waals surface area contributed by atoms with Gasteiger partial charge >= 0.3 is 0 Å². The van der Waals surface area contributed by atoms with Gasteiger partial charge in [0.2, 0.25) is 0 Å². The summed E-state index contributed by atoms with van der Waals surface area (Å²) >= 11 is 1.75. The molecule has 9 heteroatoms. The molecule has 0 spiro atoms. The first-order valence-corrected chi connectivity index (χ1v) is 11.8. The molecular formula is C21H36IN7S. The third-order valence-electron chi connectivity index (χ3n) is 5.45. The molecule has 30 heavy (non-hydrogen) atoms. The Balaban J connectivity index is 0.00000320. The van der Waals surface area contributed by atoms with Crippen LogP contribution in [0.3, 0.4) is 0 Å². The number of thiophene rings is 1. The van der Waals surface area contributed by atoms with Gasteiger partial charge < -0.3 is 20.1 Å². The zero-order chi connectivity index (χ0) is 20.3. The van der Waals surface area contributed by atoms with Gasteiger partial charge in [-0.25, -0.2) is 4.99 Å². The number of halogens is 1. The van der Waals surface area contributed by atoms with E-state index in [0.29, 0.717) is 6.54 Å². The number of aryl methyl sites for hydroxylation is 1. The number of hydrogen-bond acceptors (Lipinski definition) is 5. The minimum atomic E-state index is 0. The summed E-state index contributed by atoms with van der Waals surface area (Å²) in [7, 11) is 0. The summed E-state index contributed by atoms with van der Waals surface area (Å²) in [5.41, 5.74) is 0. The second kappa shape index (κ2) is 14.0. The van der Waals surface area contributed by atoms with E-state index < -0.39 is 0 Å². The molecule has 1 saturated heterocycles. The summed E-state index contributed by atoms with van der Waals surface area (Å²) in [6, 6.07) is 4.21. The van der Waals surface area contributed by atoms with Crippen molar-refractivity contribution >= 4 is 41.3 Å². The highest BCUT2D eigenvalue weighted by Gasteiger charge is 2.14. The minimum Gasteiger partial charge on any atom is -0.356 e. The zero-order valence-electron chi connectivity index (χ0n) is 18.2. The van der Waals surface area contributed by atoms with E-state index in [1.54, 1.807) is 17.7 Å². The number of nitrogens with zero attached hydrogens (tertiary/aromatic N) is 5. The van der Waals surface area contributed by atoms with Crippen LogP contribution in [0.4, 0.5) is 0 Å². The summed E-state index contributed by atoms with van der Waals surface area (Å²) in [5.74, 6) is 2.80. The van der Waals surface area contributed by atoms with Crippen molar-refractivity contribution in [2.45, 2.75) is 52.6 Å². The van der Waals surface area contributed by atoms with Gasteiger partial charge in [0, 0.05) is 30.9 Å². The SMILES string of the molecule is CCc1nncn1CCNC(=NCc1cccs1)NCCCN1CCC(C)CC1.I. The monoisotopic (exact) mass is 545 g/mol. The lowest BCUT2D eigenvalue weighted by atomic mass is 9.99. The Labute approximate surface area is 201 Å². The highest BCUT2D eigenvalue weighted by Crippen LogP contribution is 2.15. The fraction of sp³-hybridized carbons (Fsp3) is 0.667. The molecule has 2 aromatic rings. The molecule has 3 rings (SSSR count). The van der Waals surface area contributed by atoms with Crippen molar-refractivity contribution in [2.24, 2.45) is 10.9 Å². The molecule has 1 fully saturated rings. The van der Waals surface area contributed by atoms with Crippen LogP contribution in [0, 0.1) is 5.92 Å². The molecule has 1 aliphatic rings. The second-order valence-electron chi connectivity index (χ2n) is 7.77. The predicted octanol–water partition coefficient (Wildman–Crippen LogP) is 3.38. The average molecular weight is 546 g/mol. The molecule has 0 aliphatic carbocycles. The van der Waals surface area contributed by atoms with E-state index in [4.69, 9.17) is 4.99 Å². The number of guanidine groups is 1. The largest absolute Gasteiger partial charge is 0.356 e. The number of aromatic nitrogens is 3. The van der Waals surface area contributed by atoms with E-state index in [9.17, 15) is 0 Å². The van der Waals surface area contributed by atoms with Gasteiger partial charge in [-0.3, -0.25) is 0 Å². The van der Waals surface area contributed by atoms with Crippen molar-refractivity contribution in [3.05, 3.63) is 34.5 Å². The lowest BCUT2D eigenvalue weighted by Gasteiger charge is -2.30. The predicted molar refractivity (Wildman–Crippen MR) is 136 cm³/mol. The molecule has 0 radical (unpaired) electrons. The minimum absolute atomic E-state index is 0. The molecule has 3 heterocycles. The molecule has 2 N–H and O–H groups in total. The van der Waals surface area contributed by atoms with Crippen LogP contribution in [0.25, 0.3) is 0 Å². The Kier molecular flexibility index (Phi) is 11.7. The van der Waals surface area contributed by atoms with Gasteiger partial charge in [-0.05, 0) is 56.3 Å². The van der Waals surface area contributed by atoms with Crippen molar-refractivity contribution in [1.82, 2.24) is 30.3 Å². The standard InChI is InChI=1S/C21H35N7S.HI/c1-3-20-26-25-17-28(20)14-10-23-21(24-16-19-6-4-15-29-19)22-9-5-11-27-12-7-18(2)8-13-27;/h4,6,15,17-18H,3,5,7-14,16H2,1-2H3,(H2,22,23,24);1H. The summed E-state index contributed by atoms with van der Waals surface area (Å²) in [5, 5.41) is 17.2. The first-order chi connectivity index (χ1) is 14.2. The van der Waals surface area contributed by atoms with Gasteiger partial charge in [-0.15, -0.1) is 45.5 Å². The van der Waals surface area contributed by atoms with Gasteiger partial charge in [0.15, 0.2) is 5.96 Å². The van der Waals surface area contributed by atoms with Gasteiger partial charge in [0.25, 0.3) is 0 Å². The smallest absolute Gasteiger partial charge is 0.191 e. The quantitative estimate of drug-likeness (QED) is 0.207. The molecule has 0 bridgehead atoms. The molecule has 0 amide bonds. The van der Waals surface area contributed by atoms with Gasteiger partial charge in [0.1, 0.15) is 12.2 Å². The van der Waals surface area contributed by atoms with E-state index in [1.165, 1.54) is 37.4 Å². The highest BCUT2D eigenvalue weighted by atomic mass is 127. The third kappa shape index (κ3) is 8.50. The Bertz CT molecular complexity index is 724. The van der Waals surface area contributed by atoms with E-state index in [-0.39, 0.29) is 24.0 Å². The van der Waals surface area contributed by atoms with Gasteiger partial charge in [-0.1, -0.05) is 19.9 Å². The Morgan fingerprint density at radius 3 is 2.77 bits per heavy atom. The van der Waals surface area contributed by atoms with E-state index in [0.717, 1.165) is 50.2 Å². The van der Waals surface area contributed by atoms with E-state index in [1.807, 2.05) is 0 Å². The Hall–Kier alpha value is -1.20. The number of piperidine rings is 1. The molecule has 7 nitrogen and oxygen atoms in total. The van der Waals surface area contributed by atoms with Crippen molar-refractivity contribution < 1.29 is 0 Å².